The summed E-state index contributed by atoms with van der Waals surface area (Å²) in [5, 5.41) is 5.17. The predicted octanol–water partition coefficient (Wildman–Crippen LogP) is 3.46. The lowest BCUT2D eigenvalue weighted by Crippen LogP contribution is -2.56. The molecule has 4 rings (SSSR count). The number of benzene rings is 2. The molecule has 166 valence electrons. The van der Waals surface area contributed by atoms with Gasteiger partial charge < -0.3 is 15.0 Å². The van der Waals surface area contributed by atoms with Gasteiger partial charge in [-0.15, -0.1) is 0 Å². The predicted molar refractivity (Wildman–Crippen MR) is 124 cm³/mol. The molecule has 1 aliphatic heterocycles. The van der Waals surface area contributed by atoms with Crippen LogP contribution >= 0.6 is 0 Å². The van der Waals surface area contributed by atoms with E-state index in [4.69, 9.17) is 4.74 Å². The number of amides is 2. The summed E-state index contributed by atoms with van der Waals surface area (Å²) in [6.07, 6.45) is 4.48. The molecule has 2 aromatic carbocycles. The van der Waals surface area contributed by atoms with Crippen molar-refractivity contribution in [3.05, 3.63) is 78.1 Å². The van der Waals surface area contributed by atoms with Crippen LogP contribution in [0.3, 0.4) is 0 Å². The Balaban J connectivity index is 1.44. The van der Waals surface area contributed by atoms with Crippen LogP contribution in [0.5, 0.6) is 0 Å². The minimum absolute atomic E-state index is 0.0972. The summed E-state index contributed by atoms with van der Waals surface area (Å²) >= 11 is 0. The monoisotopic (exact) mass is 431 g/mol. The van der Waals surface area contributed by atoms with Gasteiger partial charge >= 0.3 is 0 Å². The summed E-state index contributed by atoms with van der Waals surface area (Å²) < 4.78 is 5.82. The maximum absolute atomic E-state index is 13.4. The number of pyridine rings is 1. The van der Waals surface area contributed by atoms with E-state index in [2.05, 4.69) is 28.5 Å². The summed E-state index contributed by atoms with van der Waals surface area (Å²) in [7, 11) is 0. The third kappa shape index (κ3) is 5.14. The summed E-state index contributed by atoms with van der Waals surface area (Å²) in [4.78, 5) is 32.0. The highest BCUT2D eigenvalue weighted by Gasteiger charge is 2.35. The molecule has 6 heteroatoms. The minimum atomic E-state index is -1.02. The quantitative estimate of drug-likeness (QED) is 0.672. The Labute approximate surface area is 188 Å². The van der Waals surface area contributed by atoms with Crippen molar-refractivity contribution in [2.24, 2.45) is 5.92 Å². The number of nitrogens with zero attached hydrogens (tertiary/aromatic N) is 2. The Hall–Kier alpha value is -3.25. The first-order valence-electron chi connectivity index (χ1n) is 11.0. The summed E-state index contributed by atoms with van der Waals surface area (Å²) in [5.41, 5.74) is 0.720. The molecule has 0 bridgehead atoms. The van der Waals surface area contributed by atoms with Gasteiger partial charge in [0.25, 0.3) is 5.91 Å². The second-order valence-corrected chi connectivity index (χ2v) is 8.90. The van der Waals surface area contributed by atoms with Gasteiger partial charge in [-0.25, -0.2) is 0 Å². The van der Waals surface area contributed by atoms with Gasteiger partial charge in [-0.05, 0) is 55.5 Å². The smallest absolute Gasteiger partial charge is 0.252 e. The van der Waals surface area contributed by atoms with Gasteiger partial charge in [0.1, 0.15) is 5.54 Å². The van der Waals surface area contributed by atoms with Crippen LogP contribution in [0.15, 0.2) is 67.0 Å². The zero-order chi connectivity index (χ0) is 22.6. The standard InChI is InChI=1S/C26H29N3O3/c1-26(2,28-24(30)22-6-4-3-5-7-22)25(31)29-12-13-32-18-20(17-29)14-19-8-9-21-10-11-27-16-23(21)15-19/h3-11,15-16,20H,12-14,17-18H2,1-2H3,(H,28,30)/t20-/m1/s1. The maximum atomic E-state index is 13.4. The zero-order valence-electron chi connectivity index (χ0n) is 18.6. The number of hydrogen-bond acceptors (Lipinski definition) is 4. The van der Waals surface area contributed by atoms with Crippen LogP contribution in [0.1, 0.15) is 29.8 Å². The lowest BCUT2D eigenvalue weighted by atomic mass is 9.96. The fourth-order valence-electron chi connectivity index (χ4n) is 4.18. The molecular formula is C26H29N3O3. The van der Waals surface area contributed by atoms with E-state index in [0.29, 0.717) is 31.9 Å². The van der Waals surface area contributed by atoms with Gasteiger partial charge in [-0.1, -0.05) is 30.3 Å². The third-order valence-electron chi connectivity index (χ3n) is 5.85. The lowest BCUT2D eigenvalue weighted by molar-refractivity contribution is -0.137. The first-order valence-corrected chi connectivity index (χ1v) is 11.0. The average molecular weight is 432 g/mol. The van der Waals surface area contributed by atoms with Crippen molar-refractivity contribution in [1.29, 1.82) is 0 Å². The molecule has 6 nitrogen and oxygen atoms in total. The fourth-order valence-corrected chi connectivity index (χ4v) is 4.18. The minimum Gasteiger partial charge on any atom is -0.379 e. The molecule has 0 radical (unpaired) electrons. The fraction of sp³-hybridized carbons (Fsp3) is 0.346. The Morgan fingerprint density at radius 3 is 2.75 bits per heavy atom. The van der Waals surface area contributed by atoms with E-state index in [1.165, 1.54) is 5.56 Å². The highest BCUT2D eigenvalue weighted by Crippen LogP contribution is 2.20. The van der Waals surface area contributed by atoms with Crippen LogP contribution in [0.25, 0.3) is 10.8 Å². The summed E-state index contributed by atoms with van der Waals surface area (Å²) in [5.74, 6) is -0.174. The summed E-state index contributed by atoms with van der Waals surface area (Å²) in [6, 6.07) is 17.3. The Morgan fingerprint density at radius 2 is 1.94 bits per heavy atom. The molecule has 0 saturated carbocycles. The normalized spacial score (nSPS) is 17.1. The van der Waals surface area contributed by atoms with Gasteiger partial charge in [-0.2, -0.15) is 0 Å². The number of hydrogen-bond donors (Lipinski definition) is 1. The molecule has 32 heavy (non-hydrogen) atoms. The van der Waals surface area contributed by atoms with Crippen molar-refractivity contribution in [3.63, 3.8) is 0 Å². The maximum Gasteiger partial charge on any atom is 0.252 e. The van der Waals surface area contributed by atoms with Crippen LogP contribution in [0.2, 0.25) is 0 Å². The van der Waals surface area contributed by atoms with Crippen LogP contribution in [-0.4, -0.2) is 53.5 Å². The number of carbonyl (C=O) groups is 2. The van der Waals surface area contributed by atoms with Crippen LogP contribution < -0.4 is 5.32 Å². The van der Waals surface area contributed by atoms with E-state index in [1.54, 1.807) is 32.2 Å². The van der Waals surface area contributed by atoms with Gasteiger partial charge in [0.2, 0.25) is 5.91 Å². The Morgan fingerprint density at radius 1 is 1.12 bits per heavy atom. The van der Waals surface area contributed by atoms with Crippen molar-refractivity contribution >= 4 is 22.6 Å². The van der Waals surface area contributed by atoms with Crippen LogP contribution in [0, 0.1) is 5.92 Å². The Kier molecular flexibility index (Phi) is 6.51. The molecule has 0 aliphatic carbocycles. The Bertz CT molecular complexity index is 1100. The third-order valence-corrected chi connectivity index (χ3v) is 5.85. The van der Waals surface area contributed by atoms with E-state index < -0.39 is 5.54 Å². The van der Waals surface area contributed by atoms with E-state index >= 15 is 0 Å². The van der Waals surface area contributed by atoms with Crippen LogP contribution in [0.4, 0.5) is 0 Å². The topological polar surface area (TPSA) is 71.5 Å². The molecule has 1 N–H and O–H groups in total. The highest BCUT2D eigenvalue weighted by molar-refractivity contribution is 5.98. The summed E-state index contributed by atoms with van der Waals surface area (Å²) in [6.45, 7) is 5.72. The molecule has 0 unspecified atom stereocenters. The van der Waals surface area contributed by atoms with Crippen molar-refractivity contribution < 1.29 is 14.3 Å². The SMILES string of the molecule is CC(C)(NC(=O)c1ccccc1)C(=O)N1CCOC[C@H](Cc2ccc3ccncc3c2)C1. The molecular weight excluding hydrogens is 402 g/mol. The molecule has 2 heterocycles. The zero-order valence-corrected chi connectivity index (χ0v) is 18.6. The first-order chi connectivity index (χ1) is 15.4. The average Bonchev–Trinajstić information content (AvgIpc) is 3.04. The van der Waals surface area contributed by atoms with Crippen molar-refractivity contribution in [2.75, 3.05) is 26.3 Å². The molecule has 1 atom stereocenters. The molecule has 1 fully saturated rings. The second-order valence-electron chi connectivity index (χ2n) is 8.90. The van der Waals surface area contributed by atoms with Gasteiger partial charge in [0.15, 0.2) is 0 Å². The van der Waals surface area contributed by atoms with Crippen molar-refractivity contribution in [1.82, 2.24) is 15.2 Å². The molecule has 0 spiro atoms. The van der Waals surface area contributed by atoms with Gasteiger partial charge in [0, 0.05) is 42.4 Å². The number of aromatic nitrogens is 1. The number of rotatable bonds is 5. The van der Waals surface area contributed by atoms with Gasteiger partial charge in [0.05, 0.1) is 13.2 Å². The molecule has 2 amide bonds. The molecule has 1 aliphatic rings. The molecule has 1 aromatic heterocycles. The highest BCUT2D eigenvalue weighted by atomic mass is 16.5. The van der Waals surface area contributed by atoms with Crippen LogP contribution in [-0.2, 0) is 16.0 Å². The van der Waals surface area contributed by atoms with E-state index in [1.807, 2.05) is 35.4 Å². The largest absolute Gasteiger partial charge is 0.379 e. The second kappa shape index (κ2) is 9.49. The first kappa shape index (κ1) is 22.0. The van der Waals surface area contributed by atoms with E-state index in [-0.39, 0.29) is 17.7 Å². The molecule has 3 aromatic rings. The molecule has 1 saturated heterocycles. The number of fused-ring (bicyclic) bond motifs is 1. The number of nitrogens with one attached hydrogen (secondary N) is 1. The lowest BCUT2D eigenvalue weighted by Gasteiger charge is -2.33. The van der Waals surface area contributed by atoms with Gasteiger partial charge in [-0.3, -0.25) is 14.6 Å². The number of carbonyl (C=O) groups excluding carboxylic acids is 2. The van der Waals surface area contributed by atoms with Crippen molar-refractivity contribution in [3.8, 4) is 0 Å². The number of ether oxygens (including phenoxy) is 1. The van der Waals surface area contributed by atoms with Crippen molar-refractivity contribution in [2.45, 2.75) is 25.8 Å². The van der Waals surface area contributed by atoms with E-state index in [9.17, 15) is 9.59 Å². The van der Waals surface area contributed by atoms with E-state index in [0.717, 1.165) is 17.2 Å².